The van der Waals surface area contributed by atoms with Crippen molar-refractivity contribution in [2.75, 3.05) is 61.4 Å². The number of rotatable bonds is 5. The minimum absolute atomic E-state index is 0.0265. The molecule has 0 aliphatic carbocycles. The van der Waals surface area contributed by atoms with Crippen molar-refractivity contribution in [3.8, 4) is 11.3 Å². The van der Waals surface area contributed by atoms with E-state index in [1.165, 1.54) is 11.3 Å². The highest BCUT2D eigenvalue weighted by atomic mass is 35.5. The second-order valence-electron chi connectivity index (χ2n) is 9.66. The Morgan fingerprint density at radius 2 is 1.82 bits per heavy atom. The first-order valence-electron chi connectivity index (χ1n) is 12.7. The van der Waals surface area contributed by atoms with Crippen LogP contribution >= 0.6 is 23.2 Å². The maximum absolute atomic E-state index is 13.2. The van der Waals surface area contributed by atoms with E-state index in [9.17, 15) is 4.79 Å². The van der Waals surface area contributed by atoms with Gasteiger partial charge in [0.2, 0.25) is 5.91 Å². The van der Waals surface area contributed by atoms with Gasteiger partial charge in [-0.2, -0.15) is 0 Å². The van der Waals surface area contributed by atoms with Crippen molar-refractivity contribution in [3.63, 3.8) is 0 Å². The summed E-state index contributed by atoms with van der Waals surface area (Å²) in [5, 5.41) is 4.42. The Kier molecular flexibility index (Phi) is 6.71. The van der Waals surface area contributed by atoms with Crippen molar-refractivity contribution in [3.05, 3.63) is 64.8 Å². The second kappa shape index (κ2) is 10.3. The topological polar surface area (TPSA) is 81.9 Å². The number of benzene rings is 1. The number of anilines is 3. The number of hydrogen-bond acceptors (Lipinski definition) is 7. The van der Waals surface area contributed by atoms with Crippen molar-refractivity contribution < 1.29 is 4.79 Å². The van der Waals surface area contributed by atoms with Crippen LogP contribution in [0.2, 0.25) is 10.0 Å². The number of fused-ring (bicyclic) bond motifs is 2. The fourth-order valence-corrected chi connectivity index (χ4v) is 5.97. The second-order valence-corrected chi connectivity index (χ2v) is 10.5. The first kappa shape index (κ1) is 24.8. The van der Waals surface area contributed by atoms with Gasteiger partial charge in [0, 0.05) is 75.8 Å². The summed E-state index contributed by atoms with van der Waals surface area (Å²) in [4.78, 5) is 32.6. The summed E-state index contributed by atoms with van der Waals surface area (Å²) in [7, 11) is 2.13. The van der Waals surface area contributed by atoms with Gasteiger partial charge in [0.05, 0.1) is 28.5 Å². The molecule has 0 spiro atoms. The molecule has 0 saturated carbocycles. The molecule has 1 N–H and O–H groups in total. The maximum Gasteiger partial charge on any atom is 0.242 e. The highest BCUT2D eigenvalue weighted by Crippen LogP contribution is 2.35. The number of nitrogens with one attached hydrogen (secondary N) is 1. The lowest BCUT2D eigenvalue weighted by Crippen LogP contribution is -2.50. The zero-order valence-corrected chi connectivity index (χ0v) is 22.6. The minimum Gasteiger partial charge on any atom is -0.374 e. The van der Waals surface area contributed by atoms with Gasteiger partial charge in [-0.1, -0.05) is 29.3 Å². The van der Waals surface area contributed by atoms with Crippen LogP contribution in [0.25, 0.3) is 16.9 Å². The summed E-state index contributed by atoms with van der Waals surface area (Å²) < 4.78 is 1.95. The molecule has 1 saturated heterocycles. The SMILES string of the molecule is CN1CCCc2cc(-c3nc4cnccn4c3NCC(=O)N3CCN(c4c(Cl)cncc4Cl)CC3)ccc21. The summed E-state index contributed by atoms with van der Waals surface area (Å²) in [6.45, 7) is 3.68. The normalized spacial score (nSPS) is 15.6. The Hall–Kier alpha value is -3.56. The van der Waals surface area contributed by atoms with E-state index >= 15 is 0 Å². The first-order chi connectivity index (χ1) is 18.5. The molecule has 1 amide bonds. The van der Waals surface area contributed by atoms with Crippen LogP contribution in [-0.2, 0) is 11.2 Å². The van der Waals surface area contributed by atoms with Crippen molar-refractivity contribution >= 4 is 51.9 Å². The minimum atomic E-state index is 0.0265. The monoisotopic (exact) mass is 550 g/mol. The van der Waals surface area contributed by atoms with Crippen LogP contribution in [0.4, 0.5) is 17.2 Å². The molecule has 0 radical (unpaired) electrons. The Morgan fingerprint density at radius 1 is 1.03 bits per heavy atom. The molecule has 0 atom stereocenters. The van der Waals surface area contributed by atoms with Crippen LogP contribution in [0.1, 0.15) is 12.0 Å². The summed E-state index contributed by atoms with van der Waals surface area (Å²) in [5.41, 5.74) is 5.93. The number of hydrogen-bond donors (Lipinski definition) is 1. The Morgan fingerprint density at radius 3 is 2.61 bits per heavy atom. The lowest BCUT2D eigenvalue weighted by atomic mass is 9.98. The largest absolute Gasteiger partial charge is 0.374 e. The van der Waals surface area contributed by atoms with Crippen molar-refractivity contribution in [2.24, 2.45) is 0 Å². The Labute approximate surface area is 231 Å². The van der Waals surface area contributed by atoms with Crippen LogP contribution in [0.3, 0.4) is 0 Å². The molecule has 38 heavy (non-hydrogen) atoms. The maximum atomic E-state index is 13.2. The van der Waals surface area contributed by atoms with Crippen LogP contribution in [-0.4, -0.2) is 76.5 Å². The van der Waals surface area contributed by atoms with Crippen LogP contribution in [0.5, 0.6) is 0 Å². The van der Waals surface area contributed by atoms with E-state index in [2.05, 4.69) is 50.3 Å². The van der Waals surface area contributed by atoms with Gasteiger partial charge in [0.25, 0.3) is 0 Å². The van der Waals surface area contributed by atoms with Gasteiger partial charge in [0.15, 0.2) is 5.65 Å². The molecule has 1 aromatic carbocycles. The molecular weight excluding hydrogens is 523 g/mol. The zero-order valence-electron chi connectivity index (χ0n) is 21.1. The summed E-state index contributed by atoms with van der Waals surface area (Å²) in [5.74, 6) is 0.812. The third-order valence-corrected chi connectivity index (χ3v) is 7.87. The molecule has 2 aliphatic heterocycles. The van der Waals surface area contributed by atoms with Gasteiger partial charge in [-0.05, 0) is 30.5 Å². The van der Waals surface area contributed by atoms with E-state index in [1.807, 2.05) is 15.5 Å². The van der Waals surface area contributed by atoms with Crippen LogP contribution in [0.15, 0.2) is 49.2 Å². The number of aromatic nitrogens is 4. The number of carbonyl (C=O) groups excluding carboxylic acids is 1. The third kappa shape index (κ3) is 4.61. The molecule has 11 heteroatoms. The first-order valence-corrected chi connectivity index (χ1v) is 13.5. The third-order valence-electron chi connectivity index (χ3n) is 7.32. The average Bonchev–Trinajstić information content (AvgIpc) is 3.30. The number of carbonyl (C=O) groups is 1. The molecule has 196 valence electrons. The number of amides is 1. The summed E-state index contributed by atoms with van der Waals surface area (Å²) in [6, 6.07) is 6.50. The van der Waals surface area contributed by atoms with Gasteiger partial charge in [-0.3, -0.25) is 19.2 Å². The van der Waals surface area contributed by atoms with E-state index in [-0.39, 0.29) is 12.5 Å². The number of pyridine rings is 1. The number of nitrogens with zero attached hydrogens (tertiary/aromatic N) is 7. The van der Waals surface area contributed by atoms with Gasteiger partial charge >= 0.3 is 0 Å². The Balaban J connectivity index is 1.19. The lowest BCUT2D eigenvalue weighted by Gasteiger charge is -2.36. The lowest BCUT2D eigenvalue weighted by molar-refractivity contribution is -0.129. The summed E-state index contributed by atoms with van der Waals surface area (Å²) in [6.07, 6.45) is 10.7. The fraction of sp³-hybridized carbons (Fsp3) is 0.333. The quantitative estimate of drug-likeness (QED) is 0.398. The average molecular weight is 551 g/mol. The Bertz CT molecular complexity index is 1480. The number of halogens is 2. The molecule has 5 heterocycles. The number of aryl methyl sites for hydroxylation is 1. The van der Waals surface area contributed by atoms with E-state index in [1.54, 1.807) is 24.8 Å². The highest BCUT2D eigenvalue weighted by molar-refractivity contribution is 6.38. The number of imidazole rings is 1. The summed E-state index contributed by atoms with van der Waals surface area (Å²) >= 11 is 12.7. The standard InChI is InChI=1S/C27H28Cl2N8O/c1-34-7-2-3-18-13-19(4-5-22(18)34)25-27(37-8-6-30-16-23(37)33-25)32-17-24(38)35-9-11-36(12-10-35)26-20(28)14-31-15-21(26)29/h4-6,8,13-16,32H,2-3,7,9-12,17H2,1H3. The molecule has 0 bridgehead atoms. The molecule has 0 unspecified atom stereocenters. The molecular formula is C27H28Cl2N8O. The zero-order chi connectivity index (χ0) is 26.2. The number of piperazine rings is 1. The molecule has 4 aromatic rings. The van der Waals surface area contributed by atoms with E-state index in [0.29, 0.717) is 36.2 Å². The van der Waals surface area contributed by atoms with E-state index in [4.69, 9.17) is 28.2 Å². The van der Waals surface area contributed by atoms with Crippen molar-refractivity contribution in [1.82, 2.24) is 24.3 Å². The highest BCUT2D eigenvalue weighted by Gasteiger charge is 2.25. The molecule has 1 fully saturated rings. The van der Waals surface area contributed by atoms with Crippen LogP contribution < -0.4 is 15.1 Å². The van der Waals surface area contributed by atoms with Gasteiger partial charge < -0.3 is 20.0 Å². The van der Waals surface area contributed by atoms with E-state index < -0.39 is 0 Å². The molecule has 3 aromatic heterocycles. The predicted octanol–water partition coefficient (Wildman–Crippen LogP) is 4.24. The molecule has 9 nitrogen and oxygen atoms in total. The van der Waals surface area contributed by atoms with E-state index in [0.717, 1.165) is 47.8 Å². The van der Waals surface area contributed by atoms with Gasteiger partial charge in [-0.15, -0.1) is 0 Å². The van der Waals surface area contributed by atoms with Gasteiger partial charge in [-0.25, -0.2) is 4.98 Å². The predicted molar refractivity (Wildman–Crippen MR) is 152 cm³/mol. The van der Waals surface area contributed by atoms with Crippen molar-refractivity contribution in [1.29, 1.82) is 0 Å². The molecule has 6 rings (SSSR count). The fourth-order valence-electron chi connectivity index (χ4n) is 5.37. The smallest absolute Gasteiger partial charge is 0.242 e. The molecule has 2 aliphatic rings. The van der Waals surface area contributed by atoms with Gasteiger partial charge in [0.1, 0.15) is 11.5 Å². The van der Waals surface area contributed by atoms with Crippen LogP contribution in [0, 0.1) is 0 Å². The van der Waals surface area contributed by atoms with Crippen molar-refractivity contribution in [2.45, 2.75) is 12.8 Å².